The van der Waals surface area contributed by atoms with E-state index in [2.05, 4.69) is 16.9 Å². The fourth-order valence-corrected chi connectivity index (χ4v) is 5.38. The third-order valence-electron chi connectivity index (χ3n) is 6.18. The minimum absolute atomic E-state index is 0.347. The molecule has 0 unspecified atom stereocenters. The normalized spacial score (nSPS) is 39.9. The number of aliphatic hydroxyl groups excluding tert-OH is 1. The van der Waals surface area contributed by atoms with Crippen LogP contribution in [0.2, 0.25) is 0 Å². The molecule has 0 aromatic rings. The van der Waals surface area contributed by atoms with E-state index < -0.39 is 0 Å². The summed E-state index contributed by atoms with van der Waals surface area (Å²) in [6, 6.07) is 2.23. The third-order valence-corrected chi connectivity index (χ3v) is 6.18. The molecule has 21 heavy (non-hydrogen) atoms. The van der Waals surface area contributed by atoms with Crippen LogP contribution in [0.3, 0.4) is 0 Å². The number of hydrogen-bond donors (Lipinski definition) is 1. The molecule has 0 bridgehead atoms. The van der Waals surface area contributed by atoms with Gasteiger partial charge < -0.3 is 5.11 Å². The minimum atomic E-state index is 0.347. The molecule has 2 aliphatic heterocycles. The summed E-state index contributed by atoms with van der Waals surface area (Å²) in [7, 11) is 0. The Morgan fingerprint density at radius 1 is 1.14 bits per heavy atom. The van der Waals surface area contributed by atoms with Crippen LogP contribution >= 0.6 is 0 Å². The monoisotopic (exact) mass is 287 g/mol. The summed E-state index contributed by atoms with van der Waals surface area (Å²) in [5, 5.41) is 9.35. The summed E-state index contributed by atoms with van der Waals surface area (Å²) < 4.78 is 0. The maximum Gasteiger partial charge on any atom is 0.0445 e. The fourth-order valence-electron chi connectivity index (χ4n) is 5.38. The van der Waals surface area contributed by atoms with Crippen LogP contribution in [-0.2, 0) is 0 Å². The first kappa shape index (κ1) is 15.1. The van der Waals surface area contributed by atoms with Crippen molar-refractivity contribution in [1.29, 1.82) is 0 Å². The Kier molecular flexibility index (Phi) is 5.03. The second kappa shape index (κ2) is 6.99. The van der Waals surface area contributed by atoms with Crippen LogP contribution in [0.15, 0.2) is 12.2 Å². The maximum atomic E-state index is 9.35. The smallest absolute Gasteiger partial charge is 0.0445 e. The van der Waals surface area contributed by atoms with E-state index in [9.17, 15) is 5.11 Å². The molecule has 0 spiro atoms. The van der Waals surface area contributed by atoms with Crippen LogP contribution in [0, 0.1) is 24.2 Å². The number of piperidine rings is 1. The van der Waals surface area contributed by atoms with Gasteiger partial charge in [0.25, 0.3) is 0 Å². The molecule has 3 fully saturated rings. The molecule has 0 aromatic heterocycles. The van der Waals surface area contributed by atoms with Gasteiger partial charge in [0, 0.05) is 24.7 Å². The Bertz CT molecular complexity index is 410. The van der Waals surface area contributed by atoms with Gasteiger partial charge in [-0.2, -0.15) is 0 Å². The van der Waals surface area contributed by atoms with E-state index >= 15 is 0 Å². The van der Waals surface area contributed by atoms with Gasteiger partial charge in [0.05, 0.1) is 0 Å². The lowest BCUT2D eigenvalue weighted by Crippen LogP contribution is -2.54. The molecule has 2 saturated heterocycles. The van der Waals surface area contributed by atoms with E-state index in [1.807, 2.05) is 6.08 Å². The minimum Gasteiger partial charge on any atom is -0.396 e. The van der Waals surface area contributed by atoms with Crippen LogP contribution in [0.4, 0.5) is 0 Å². The average Bonchev–Trinajstić information content (AvgIpc) is 2.92. The third kappa shape index (κ3) is 3.05. The molecule has 1 saturated carbocycles. The predicted octanol–water partition coefficient (Wildman–Crippen LogP) is 3.36. The number of fused-ring (bicyclic) bond motifs is 3. The molecule has 5 atom stereocenters. The van der Waals surface area contributed by atoms with Gasteiger partial charge in [0.1, 0.15) is 0 Å². The molecule has 0 amide bonds. The molecular weight excluding hydrogens is 258 g/mol. The van der Waals surface area contributed by atoms with Crippen LogP contribution in [-0.4, -0.2) is 34.7 Å². The summed E-state index contributed by atoms with van der Waals surface area (Å²) in [6.07, 6.45) is 21.1. The molecule has 2 heterocycles. The topological polar surface area (TPSA) is 23.5 Å². The summed E-state index contributed by atoms with van der Waals surface area (Å²) in [4.78, 5) is 2.83. The van der Waals surface area contributed by atoms with E-state index in [1.165, 1.54) is 44.9 Å². The van der Waals surface area contributed by atoms with E-state index in [0.717, 1.165) is 36.8 Å². The van der Waals surface area contributed by atoms with Gasteiger partial charge in [-0.25, -0.2) is 0 Å². The van der Waals surface area contributed by atoms with E-state index in [1.54, 1.807) is 0 Å². The fraction of sp³-hybridized carbons (Fsp3) is 0.789. The molecule has 2 nitrogen and oxygen atoms in total. The van der Waals surface area contributed by atoms with E-state index in [-0.39, 0.29) is 0 Å². The number of terminal acetylenes is 1. The number of allylic oxidation sites excluding steroid dienone is 2. The Hall–Kier alpha value is -0.780. The van der Waals surface area contributed by atoms with Gasteiger partial charge in [0.15, 0.2) is 0 Å². The number of nitrogens with zero attached hydrogens (tertiary/aromatic N) is 1. The standard InChI is InChI=1S/C19H29NO/c1-2-3-4-6-15-7-5-8-19-18(15)12-11-16-9-10-17(13-14-21)20(16)19/h1,3-4,15-19,21H,5-14H2/b4-3-/t15-,16-,17+,18+,19-/m0/s1. The molecule has 3 aliphatic rings. The molecule has 0 radical (unpaired) electrons. The summed E-state index contributed by atoms with van der Waals surface area (Å²) in [5.74, 6) is 4.30. The average molecular weight is 287 g/mol. The van der Waals surface area contributed by atoms with Gasteiger partial charge >= 0.3 is 0 Å². The summed E-state index contributed by atoms with van der Waals surface area (Å²) in [5.41, 5.74) is 0. The van der Waals surface area contributed by atoms with Crippen LogP contribution < -0.4 is 0 Å². The van der Waals surface area contributed by atoms with Crippen LogP contribution in [0.1, 0.15) is 57.8 Å². The summed E-state index contributed by atoms with van der Waals surface area (Å²) >= 11 is 0. The second-order valence-corrected chi connectivity index (χ2v) is 7.15. The Balaban J connectivity index is 1.71. The van der Waals surface area contributed by atoms with Crippen molar-refractivity contribution < 1.29 is 5.11 Å². The van der Waals surface area contributed by atoms with Crippen molar-refractivity contribution in [3.05, 3.63) is 12.2 Å². The highest BCUT2D eigenvalue weighted by atomic mass is 16.3. The first-order valence-electron chi connectivity index (χ1n) is 8.84. The Morgan fingerprint density at radius 2 is 2.00 bits per heavy atom. The van der Waals surface area contributed by atoms with Crippen molar-refractivity contribution >= 4 is 0 Å². The summed E-state index contributed by atoms with van der Waals surface area (Å²) in [6.45, 7) is 0.347. The van der Waals surface area contributed by atoms with Crippen molar-refractivity contribution in [2.24, 2.45) is 11.8 Å². The van der Waals surface area contributed by atoms with E-state index in [4.69, 9.17) is 6.42 Å². The highest BCUT2D eigenvalue weighted by molar-refractivity contribution is 5.10. The maximum absolute atomic E-state index is 9.35. The first-order valence-corrected chi connectivity index (χ1v) is 8.84. The number of hydrogen-bond acceptors (Lipinski definition) is 2. The highest BCUT2D eigenvalue weighted by Gasteiger charge is 2.46. The number of rotatable bonds is 4. The molecule has 116 valence electrons. The van der Waals surface area contributed by atoms with Gasteiger partial charge in [-0.1, -0.05) is 18.4 Å². The van der Waals surface area contributed by atoms with Gasteiger partial charge in [-0.05, 0) is 69.3 Å². The molecular formula is C19H29NO. The van der Waals surface area contributed by atoms with Crippen molar-refractivity contribution in [3.8, 4) is 12.3 Å². The van der Waals surface area contributed by atoms with Crippen molar-refractivity contribution in [2.75, 3.05) is 6.61 Å². The Labute approximate surface area is 129 Å². The lowest BCUT2D eigenvalue weighted by Gasteiger charge is -2.51. The molecule has 2 heteroatoms. The quantitative estimate of drug-likeness (QED) is 0.802. The lowest BCUT2D eigenvalue weighted by molar-refractivity contribution is -0.0166. The second-order valence-electron chi connectivity index (χ2n) is 7.15. The van der Waals surface area contributed by atoms with Crippen molar-refractivity contribution in [3.63, 3.8) is 0 Å². The molecule has 1 N–H and O–H groups in total. The zero-order chi connectivity index (χ0) is 14.7. The van der Waals surface area contributed by atoms with Gasteiger partial charge in [-0.15, -0.1) is 6.42 Å². The zero-order valence-electron chi connectivity index (χ0n) is 13.1. The Morgan fingerprint density at radius 3 is 2.81 bits per heavy atom. The van der Waals surface area contributed by atoms with E-state index in [0.29, 0.717) is 12.6 Å². The van der Waals surface area contributed by atoms with Crippen LogP contribution in [0.25, 0.3) is 0 Å². The zero-order valence-corrected chi connectivity index (χ0v) is 13.1. The first-order chi connectivity index (χ1) is 10.3. The SMILES string of the molecule is C#C/C=C\C[C@H]1CCC[C@H]2[C@@H]1CC[C@@H]1CC[C@H](CCO)N12. The molecule has 3 rings (SSSR count). The number of aliphatic hydroxyl groups is 1. The van der Waals surface area contributed by atoms with Crippen molar-refractivity contribution in [2.45, 2.75) is 75.9 Å². The van der Waals surface area contributed by atoms with Gasteiger partial charge in [0.2, 0.25) is 0 Å². The van der Waals surface area contributed by atoms with Crippen LogP contribution in [0.5, 0.6) is 0 Å². The van der Waals surface area contributed by atoms with Crippen molar-refractivity contribution in [1.82, 2.24) is 4.90 Å². The molecule has 0 aromatic carbocycles. The molecule has 1 aliphatic carbocycles. The lowest BCUT2D eigenvalue weighted by atomic mass is 9.69. The highest BCUT2D eigenvalue weighted by Crippen LogP contribution is 2.47. The van der Waals surface area contributed by atoms with Gasteiger partial charge in [-0.3, -0.25) is 4.90 Å². The predicted molar refractivity (Wildman–Crippen MR) is 86.8 cm³/mol. The largest absolute Gasteiger partial charge is 0.396 e.